The molecule has 1 aromatic rings. The van der Waals surface area contributed by atoms with Gasteiger partial charge in [-0.15, -0.1) is 0 Å². The first kappa shape index (κ1) is 14.4. The van der Waals surface area contributed by atoms with Crippen molar-refractivity contribution in [1.29, 1.82) is 0 Å². The molecule has 0 amide bonds. The van der Waals surface area contributed by atoms with E-state index in [1.807, 2.05) is 26.0 Å². The van der Waals surface area contributed by atoms with Crippen molar-refractivity contribution < 1.29 is 4.74 Å². The number of rotatable bonds is 7. The minimum absolute atomic E-state index is 0.0804. The molecule has 1 unspecified atom stereocenters. The average molecular weight is 262 g/mol. The van der Waals surface area contributed by atoms with Crippen LogP contribution in [-0.2, 0) is 0 Å². The number of likely N-dealkylation sites (N-methyl/N-ethyl adjacent to an activating group) is 1. The molecule has 0 aliphatic heterocycles. The van der Waals surface area contributed by atoms with E-state index >= 15 is 0 Å². The Labute approximate surface area is 116 Å². The molecule has 0 bridgehead atoms. The fourth-order valence-electron chi connectivity index (χ4n) is 2.32. The van der Waals surface area contributed by atoms with Gasteiger partial charge in [-0.25, -0.2) is 0 Å². The highest BCUT2D eigenvalue weighted by Gasteiger charge is 2.23. The van der Waals surface area contributed by atoms with E-state index < -0.39 is 0 Å². The maximum absolute atomic E-state index is 6.26. The molecule has 0 radical (unpaired) electrons. The first-order valence-corrected chi connectivity index (χ1v) is 7.25. The SMILES string of the molecule is CC(C)Oc1ccc(C(N)CN(C)CC2CC2)cc1. The van der Waals surface area contributed by atoms with Crippen molar-refractivity contribution in [2.24, 2.45) is 11.7 Å². The van der Waals surface area contributed by atoms with Gasteiger partial charge >= 0.3 is 0 Å². The van der Waals surface area contributed by atoms with Gasteiger partial charge in [0.15, 0.2) is 0 Å². The van der Waals surface area contributed by atoms with E-state index in [4.69, 9.17) is 10.5 Å². The van der Waals surface area contributed by atoms with E-state index in [0.29, 0.717) is 0 Å². The molecule has 1 aromatic carbocycles. The molecule has 3 heteroatoms. The van der Waals surface area contributed by atoms with E-state index in [9.17, 15) is 0 Å². The van der Waals surface area contributed by atoms with Crippen LogP contribution in [0.2, 0.25) is 0 Å². The van der Waals surface area contributed by atoms with Gasteiger partial charge in [0.1, 0.15) is 5.75 Å². The summed E-state index contributed by atoms with van der Waals surface area (Å²) in [5, 5.41) is 0. The minimum Gasteiger partial charge on any atom is -0.491 e. The summed E-state index contributed by atoms with van der Waals surface area (Å²) in [6, 6.07) is 8.25. The molecule has 1 fully saturated rings. The van der Waals surface area contributed by atoms with E-state index in [1.54, 1.807) is 0 Å². The van der Waals surface area contributed by atoms with Gasteiger partial charge in [0.05, 0.1) is 6.10 Å². The molecule has 0 spiro atoms. The summed E-state index contributed by atoms with van der Waals surface area (Å²) >= 11 is 0. The van der Waals surface area contributed by atoms with E-state index in [2.05, 4.69) is 24.1 Å². The van der Waals surface area contributed by atoms with Crippen LogP contribution in [0.1, 0.15) is 38.3 Å². The zero-order chi connectivity index (χ0) is 13.8. The average Bonchev–Trinajstić information content (AvgIpc) is 3.12. The lowest BCUT2D eigenvalue weighted by Crippen LogP contribution is -2.30. The standard InChI is InChI=1S/C16H26N2O/c1-12(2)19-15-8-6-14(7-9-15)16(17)11-18(3)10-13-4-5-13/h6-9,12-13,16H,4-5,10-11,17H2,1-3H3. The first-order valence-electron chi connectivity index (χ1n) is 7.25. The second-order valence-corrected chi connectivity index (χ2v) is 6.01. The van der Waals surface area contributed by atoms with Gasteiger partial charge in [0, 0.05) is 19.1 Å². The lowest BCUT2D eigenvalue weighted by molar-refractivity contribution is 0.242. The molecule has 2 N–H and O–H groups in total. The molecule has 1 atom stereocenters. The molecule has 3 nitrogen and oxygen atoms in total. The number of nitrogens with zero attached hydrogens (tertiary/aromatic N) is 1. The number of hydrogen-bond donors (Lipinski definition) is 1. The van der Waals surface area contributed by atoms with Gasteiger partial charge in [-0.05, 0) is 57.4 Å². The fourth-order valence-corrected chi connectivity index (χ4v) is 2.32. The molecule has 2 rings (SSSR count). The van der Waals surface area contributed by atoms with Gasteiger partial charge < -0.3 is 15.4 Å². The molecule has 106 valence electrons. The third-order valence-corrected chi connectivity index (χ3v) is 3.46. The Bertz CT molecular complexity index is 384. The van der Waals surface area contributed by atoms with E-state index in [1.165, 1.54) is 24.9 Å². The second kappa shape index (κ2) is 6.40. The maximum Gasteiger partial charge on any atom is 0.119 e. The molecule has 19 heavy (non-hydrogen) atoms. The zero-order valence-corrected chi connectivity index (χ0v) is 12.3. The van der Waals surface area contributed by atoms with Crippen LogP contribution in [0.25, 0.3) is 0 Å². The topological polar surface area (TPSA) is 38.5 Å². The fraction of sp³-hybridized carbons (Fsp3) is 0.625. The Morgan fingerprint density at radius 1 is 1.26 bits per heavy atom. The number of hydrogen-bond acceptors (Lipinski definition) is 3. The second-order valence-electron chi connectivity index (χ2n) is 6.01. The summed E-state index contributed by atoms with van der Waals surface area (Å²) in [5.74, 6) is 1.83. The monoisotopic (exact) mass is 262 g/mol. The van der Waals surface area contributed by atoms with Crippen LogP contribution >= 0.6 is 0 Å². The Kier molecular flexibility index (Phi) is 4.83. The van der Waals surface area contributed by atoms with Gasteiger partial charge in [0.2, 0.25) is 0 Å². The molecule has 0 heterocycles. The van der Waals surface area contributed by atoms with Crippen molar-refractivity contribution in [3.63, 3.8) is 0 Å². The predicted molar refractivity (Wildman–Crippen MR) is 79.4 cm³/mol. The highest BCUT2D eigenvalue weighted by atomic mass is 16.5. The summed E-state index contributed by atoms with van der Waals surface area (Å²) in [5.41, 5.74) is 7.44. The maximum atomic E-state index is 6.26. The summed E-state index contributed by atoms with van der Waals surface area (Å²) in [6.07, 6.45) is 2.99. The molecule has 1 aliphatic carbocycles. The van der Waals surface area contributed by atoms with Gasteiger partial charge in [-0.3, -0.25) is 0 Å². The lowest BCUT2D eigenvalue weighted by Gasteiger charge is -2.21. The summed E-state index contributed by atoms with van der Waals surface area (Å²) < 4.78 is 5.64. The quantitative estimate of drug-likeness (QED) is 0.821. The molecule has 0 aromatic heterocycles. The largest absolute Gasteiger partial charge is 0.491 e. The molecular weight excluding hydrogens is 236 g/mol. The van der Waals surface area contributed by atoms with Gasteiger partial charge in [0.25, 0.3) is 0 Å². The van der Waals surface area contributed by atoms with Gasteiger partial charge in [-0.2, -0.15) is 0 Å². The summed E-state index contributed by atoms with van der Waals surface area (Å²) in [4.78, 5) is 2.35. The molecule has 1 saturated carbocycles. The van der Waals surface area contributed by atoms with Gasteiger partial charge in [-0.1, -0.05) is 12.1 Å². The van der Waals surface area contributed by atoms with Crippen LogP contribution in [0.4, 0.5) is 0 Å². The third-order valence-electron chi connectivity index (χ3n) is 3.46. The first-order chi connectivity index (χ1) is 9.04. The summed E-state index contributed by atoms with van der Waals surface area (Å²) in [7, 11) is 2.16. The zero-order valence-electron chi connectivity index (χ0n) is 12.3. The molecule has 0 saturated heterocycles. The van der Waals surface area contributed by atoms with Crippen LogP contribution < -0.4 is 10.5 Å². The van der Waals surface area contributed by atoms with Crippen molar-refractivity contribution in [2.45, 2.75) is 38.8 Å². The van der Waals surface area contributed by atoms with Crippen molar-refractivity contribution in [2.75, 3.05) is 20.1 Å². The van der Waals surface area contributed by atoms with Crippen LogP contribution in [0.5, 0.6) is 5.75 Å². The Balaban J connectivity index is 1.85. The number of nitrogens with two attached hydrogens (primary N) is 1. The van der Waals surface area contributed by atoms with Crippen LogP contribution in [0, 0.1) is 5.92 Å². The number of benzene rings is 1. The van der Waals surface area contributed by atoms with Crippen molar-refractivity contribution in [3.05, 3.63) is 29.8 Å². The number of ether oxygens (including phenoxy) is 1. The highest BCUT2D eigenvalue weighted by molar-refractivity contribution is 5.29. The molecule has 1 aliphatic rings. The van der Waals surface area contributed by atoms with Crippen molar-refractivity contribution in [1.82, 2.24) is 4.90 Å². The minimum atomic E-state index is 0.0804. The van der Waals surface area contributed by atoms with E-state index in [-0.39, 0.29) is 12.1 Å². The van der Waals surface area contributed by atoms with Crippen molar-refractivity contribution in [3.8, 4) is 5.75 Å². The van der Waals surface area contributed by atoms with Crippen LogP contribution in [0.3, 0.4) is 0 Å². The molecular formula is C16H26N2O. The highest BCUT2D eigenvalue weighted by Crippen LogP contribution is 2.29. The predicted octanol–water partition coefficient (Wildman–Crippen LogP) is 2.82. The third kappa shape index (κ3) is 4.84. The lowest BCUT2D eigenvalue weighted by atomic mass is 10.1. The van der Waals surface area contributed by atoms with E-state index in [0.717, 1.165) is 18.2 Å². The smallest absolute Gasteiger partial charge is 0.119 e. The van der Waals surface area contributed by atoms with Crippen LogP contribution in [0.15, 0.2) is 24.3 Å². The normalized spacial score (nSPS) is 16.9. The Hall–Kier alpha value is -1.06. The summed E-state index contributed by atoms with van der Waals surface area (Å²) in [6.45, 7) is 6.17. The Morgan fingerprint density at radius 3 is 2.42 bits per heavy atom. The van der Waals surface area contributed by atoms with Crippen LogP contribution in [-0.4, -0.2) is 31.1 Å². The van der Waals surface area contributed by atoms with Crippen molar-refractivity contribution >= 4 is 0 Å². The Morgan fingerprint density at radius 2 is 1.89 bits per heavy atom.